The van der Waals surface area contributed by atoms with Crippen molar-refractivity contribution in [1.82, 2.24) is 29.6 Å². The van der Waals surface area contributed by atoms with Gasteiger partial charge in [0.1, 0.15) is 22.2 Å². The van der Waals surface area contributed by atoms with Gasteiger partial charge in [-0.25, -0.2) is 4.39 Å². The molecule has 6 aromatic rings. The number of carbonyl (C=O) groups excluding carboxylic acids is 2. The normalized spacial score (nSPS) is 15.1. The molecule has 0 aliphatic carbocycles. The van der Waals surface area contributed by atoms with Crippen LogP contribution in [0.4, 0.5) is 10.1 Å². The molecule has 2 fully saturated rings. The lowest BCUT2D eigenvalue weighted by atomic mass is 10.1. The van der Waals surface area contributed by atoms with E-state index in [-0.39, 0.29) is 33.6 Å². The van der Waals surface area contributed by atoms with Crippen LogP contribution in [0, 0.1) is 5.82 Å². The van der Waals surface area contributed by atoms with E-state index in [1.807, 2.05) is 66.0 Å². The number of hydrogen-bond acceptors (Lipinski definition) is 9. The van der Waals surface area contributed by atoms with Gasteiger partial charge in [0.15, 0.2) is 28.8 Å². The van der Waals surface area contributed by atoms with E-state index in [1.54, 1.807) is 29.0 Å². The summed E-state index contributed by atoms with van der Waals surface area (Å²) < 4.78 is 29.9. The zero-order valence-electron chi connectivity index (χ0n) is 33.6. The van der Waals surface area contributed by atoms with Crippen LogP contribution in [0.3, 0.4) is 0 Å². The van der Waals surface area contributed by atoms with Crippen molar-refractivity contribution in [1.29, 1.82) is 0 Å². The van der Waals surface area contributed by atoms with Gasteiger partial charge < -0.3 is 43.9 Å². The number of carbonyl (C=O) groups is 2. The van der Waals surface area contributed by atoms with Crippen LogP contribution in [-0.4, -0.2) is 97.2 Å². The summed E-state index contributed by atoms with van der Waals surface area (Å²) in [5, 5.41) is 6.51. The van der Waals surface area contributed by atoms with Crippen molar-refractivity contribution < 1.29 is 23.5 Å². The Morgan fingerprint density at radius 3 is 1.58 bits per heavy atom. The number of ether oxygens (including phenoxy) is 2. The molecule has 308 valence electrons. The molecule has 0 bridgehead atoms. The first-order valence-electron chi connectivity index (χ1n) is 20.5. The highest BCUT2D eigenvalue weighted by molar-refractivity contribution is 6.01. The van der Waals surface area contributed by atoms with E-state index < -0.39 is 17.2 Å². The molecule has 0 atom stereocenters. The Morgan fingerprint density at radius 1 is 0.633 bits per heavy atom. The van der Waals surface area contributed by atoms with Gasteiger partial charge in [-0.15, -0.1) is 0 Å². The Labute approximate surface area is 345 Å². The molecular formula is C46H46FN7O6. The largest absolute Gasteiger partial charge is 0.451 e. The van der Waals surface area contributed by atoms with E-state index in [9.17, 15) is 23.6 Å². The first-order chi connectivity index (χ1) is 29.2. The van der Waals surface area contributed by atoms with Crippen molar-refractivity contribution >= 4 is 39.3 Å². The highest BCUT2D eigenvalue weighted by Gasteiger charge is 2.28. The quantitative estimate of drug-likeness (QED) is 0.179. The molecule has 2 saturated heterocycles. The third kappa shape index (κ3) is 7.15. The highest BCUT2D eigenvalue weighted by atomic mass is 19.1. The molecule has 6 heterocycles. The van der Waals surface area contributed by atoms with E-state index >= 15 is 0 Å². The third-order valence-electron chi connectivity index (χ3n) is 11.6. The summed E-state index contributed by atoms with van der Waals surface area (Å²) >= 11 is 0. The Balaban J connectivity index is 0.000000154. The number of anilines is 1. The van der Waals surface area contributed by atoms with Crippen molar-refractivity contribution in [3.63, 3.8) is 0 Å². The van der Waals surface area contributed by atoms with Crippen LogP contribution in [0.2, 0.25) is 0 Å². The van der Waals surface area contributed by atoms with Gasteiger partial charge in [0.2, 0.25) is 10.9 Å². The maximum atomic E-state index is 14.4. The monoisotopic (exact) mass is 811 g/mol. The molecule has 0 radical (unpaired) electrons. The molecule has 0 saturated carbocycles. The SMILES string of the molecule is CN(C)c1ccc2c(=O)c(C(=O)NCCN3CCCC3)cn3c2c1Oc1ccccc1-3.O=C(NCCN1CCCC1)c1cn2c3c(c(F)ccc3c1=O)Oc1ccccc1-2. The minimum Gasteiger partial charge on any atom is -0.451 e. The van der Waals surface area contributed by atoms with Gasteiger partial charge in [0, 0.05) is 52.7 Å². The zero-order valence-corrected chi connectivity index (χ0v) is 33.6. The number of para-hydroxylation sites is 4. The summed E-state index contributed by atoms with van der Waals surface area (Å²) in [4.78, 5) is 58.6. The topological polar surface area (TPSA) is 130 Å². The van der Waals surface area contributed by atoms with Gasteiger partial charge in [0.05, 0.1) is 27.8 Å². The number of rotatable bonds is 9. The summed E-state index contributed by atoms with van der Waals surface area (Å²) in [6, 6.07) is 21.1. The summed E-state index contributed by atoms with van der Waals surface area (Å²) in [5.41, 5.74) is 2.83. The fourth-order valence-corrected chi connectivity index (χ4v) is 8.56. The summed E-state index contributed by atoms with van der Waals surface area (Å²) in [5.74, 6) is 0.471. The number of likely N-dealkylation sites (tertiary alicyclic amines) is 2. The number of fused-ring (bicyclic) bond motifs is 4. The number of nitrogens with one attached hydrogen (secondary N) is 2. The number of pyridine rings is 2. The van der Waals surface area contributed by atoms with Crippen molar-refractivity contribution in [3.8, 4) is 34.4 Å². The Kier molecular flexibility index (Phi) is 10.6. The van der Waals surface area contributed by atoms with Crippen molar-refractivity contribution in [2.24, 2.45) is 0 Å². The standard InChI is InChI=1S/C24H26N4O3.C22H20FN3O3/c1-26(2)19-10-9-16-21-23(19)31-20-8-4-3-7-18(20)28(21)15-17(22(16)29)24(30)25-11-14-27-12-5-6-13-27;23-16-8-7-14-19-21(16)29-18-6-2-1-5-17(18)26(19)13-15(20(14)27)22(28)24-9-12-25-10-3-4-11-25/h3-4,7-10,15H,5-6,11-14H2,1-2H3,(H,25,30);1-2,5-8,13H,3-4,9-12H2,(H,24,28). The predicted molar refractivity (Wildman–Crippen MR) is 230 cm³/mol. The predicted octanol–water partition coefficient (Wildman–Crippen LogP) is 6.05. The van der Waals surface area contributed by atoms with Crippen molar-refractivity contribution in [2.45, 2.75) is 25.7 Å². The van der Waals surface area contributed by atoms with Crippen molar-refractivity contribution in [3.05, 3.63) is 123 Å². The van der Waals surface area contributed by atoms with Crippen molar-refractivity contribution in [2.75, 3.05) is 71.4 Å². The van der Waals surface area contributed by atoms with E-state index in [2.05, 4.69) is 20.4 Å². The van der Waals surface area contributed by atoms with Crippen LogP contribution in [-0.2, 0) is 0 Å². The number of nitrogens with zero attached hydrogens (tertiary/aromatic N) is 5. The van der Waals surface area contributed by atoms with E-state index in [1.165, 1.54) is 44.0 Å². The van der Waals surface area contributed by atoms with E-state index in [0.717, 1.165) is 50.6 Å². The average Bonchev–Trinajstić information content (AvgIpc) is 3.99. The van der Waals surface area contributed by atoms with Gasteiger partial charge in [-0.2, -0.15) is 0 Å². The second-order valence-electron chi connectivity index (χ2n) is 15.7. The molecule has 14 heteroatoms. The number of benzene rings is 4. The Hall–Kier alpha value is -6.51. The van der Waals surface area contributed by atoms with Crippen LogP contribution in [0.1, 0.15) is 46.4 Å². The van der Waals surface area contributed by atoms with Gasteiger partial charge in [-0.3, -0.25) is 19.2 Å². The first kappa shape index (κ1) is 39.0. The molecular weight excluding hydrogens is 766 g/mol. The van der Waals surface area contributed by atoms with Crippen LogP contribution < -0.4 is 35.9 Å². The summed E-state index contributed by atoms with van der Waals surface area (Å²) in [7, 11) is 3.87. The molecule has 13 nitrogen and oxygen atoms in total. The molecule has 2 aromatic heterocycles. The molecule has 10 rings (SSSR count). The molecule has 4 aliphatic rings. The van der Waals surface area contributed by atoms with E-state index in [4.69, 9.17) is 9.47 Å². The van der Waals surface area contributed by atoms with Crippen LogP contribution >= 0.6 is 0 Å². The molecule has 0 unspecified atom stereocenters. The average molecular weight is 812 g/mol. The fourth-order valence-electron chi connectivity index (χ4n) is 8.56. The number of amides is 2. The van der Waals surface area contributed by atoms with Gasteiger partial charge in [-0.1, -0.05) is 24.3 Å². The first-order valence-corrected chi connectivity index (χ1v) is 20.5. The smallest absolute Gasteiger partial charge is 0.256 e. The minimum atomic E-state index is -0.553. The van der Waals surface area contributed by atoms with E-state index in [0.29, 0.717) is 52.4 Å². The molecule has 2 N–H and O–H groups in total. The summed E-state index contributed by atoms with van der Waals surface area (Å²) in [6.45, 7) is 6.82. The maximum absolute atomic E-state index is 14.4. The zero-order chi connectivity index (χ0) is 41.5. The minimum absolute atomic E-state index is 0.000656. The molecule has 4 aliphatic heterocycles. The third-order valence-corrected chi connectivity index (χ3v) is 11.6. The highest BCUT2D eigenvalue weighted by Crippen LogP contribution is 2.45. The fraction of sp³-hybridized carbons (Fsp3) is 0.304. The number of halogens is 1. The van der Waals surface area contributed by atoms with Gasteiger partial charge in [0.25, 0.3) is 11.8 Å². The molecule has 0 spiro atoms. The lowest BCUT2D eigenvalue weighted by Crippen LogP contribution is -2.36. The van der Waals surface area contributed by atoms with Gasteiger partial charge >= 0.3 is 0 Å². The molecule has 4 aromatic carbocycles. The Morgan fingerprint density at radius 2 is 1.08 bits per heavy atom. The van der Waals surface area contributed by atoms with Crippen LogP contribution in [0.15, 0.2) is 94.8 Å². The van der Waals surface area contributed by atoms with Gasteiger partial charge in [-0.05, 0) is 100 Å². The lowest BCUT2D eigenvalue weighted by Gasteiger charge is -2.27. The summed E-state index contributed by atoms with van der Waals surface area (Å²) in [6.07, 6.45) is 7.93. The van der Waals surface area contributed by atoms with Crippen LogP contribution in [0.25, 0.3) is 33.2 Å². The second kappa shape index (κ2) is 16.3. The lowest BCUT2D eigenvalue weighted by molar-refractivity contribution is 0.0940. The molecule has 2 amide bonds. The number of aromatic nitrogens is 2. The van der Waals surface area contributed by atoms with Crippen LogP contribution in [0.5, 0.6) is 23.0 Å². The second-order valence-corrected chi connectivity index (χ2v) is 15.7. The molecule has 60 heavy (non-hydrogen) atoms. The Bertz CT molecular complexity index is 2790. The maximum Gasteiger partial charge on any atom is 0.256 e. The number of hydrogen-bond donors (Lipinski definition) is 2.